The molecule has 9 nitrogen and oxygen atoms in total. The molecule has 0 radical (unpaired) electrons. The number of amides is 1. The van der Waals surface area contributed by atoms with E-state index < -0.39 is 24.3 Å². The van der Waals surface area contributed by atoms with Crippen LogP contribution in [0.4, 0.5) is 14.9 Å². The molecule has 0 bridgehead atoms. The van der Waals surface area contributed by atoms with Crippen LogP contribution in [0, 0.1) is 17.7 Å². The minimum absolute atomic E-state index is 0.0360. The van der Waals surface area contributed by atoms with Gasteiger partial charge in [-0.25, -0.2) is 9.18 Å². The number of halogens is 1. The number of ether oxygens (including phenoxy) is 3. The molecule has 7 atom stereocenters. The molecule has 0 saturated carbocycles. The predicted molar refractivity (Wildman–Crippen MR) is 190 cm³/mol. The van der Waals surface area contributed by atoms with Gasteiger partial charge in [0.1, 0.15) is 18.0 Å². The summed E-state index contributed by atoms with van der Waals surface area (Å²) in [6, 6.07) is 5.51. The van der Waals surface area contributed by atoms with Crippen molar-refractivity contribution in [2.24, 2.45) is 11.8 Å². The van der Waals surface area contributed by atoms with Gasteiger partial charge in [-0.1, -0.05) is 32.4 Å². The minimum Gasteiger partial charge on any atom is -0.457 e. The highest BCUT2D eigenvalue weighted by Crippen LogP contribution is 2.29. The molecule has 1 aromatic rings. The monoisotopic (exact) mass is 683 g/mol. The third kappa shape index (κ3) is 10.5. The lowest BCUT2D eigenvalue weighted by Gasteiger charge is -2.40. The van der Waals surface area contributed by atoms with Gasteiger partial charge in [-0.05, 0) is 114 Å². The lowest BCUT2D eigenvalue weighted by atomic mass is 9.91. The molecule has 0 unspecified atom stereocenters. The fraction of sp³-hybridized carbons (Fsp3) is 0.692. The first-order valence-electron chi connectivity index (χ1n) is 18.6. The van der Waals surface area contributed by atoms with E-state index in [1.165, 1.54) is 25.3 Å². The summed E-state index contributed by atoms with van der Waals surface area (Å²) < 4.78 is 32.9. The molecule has 49 heavy (non-hydrogen) atoms. The van der Waals surface area contributed by atoms with E-state index in [0.29, 0.717) is 50.6 Å². The van der Waals surface area contributed by atoms with Crippen molar-refractivity contribution in [3.05, 3.63) is 47.3 Å². The fourth-order valence-electron chi connectivity index (χ4n) is 7.93. The molecule has 4 heterocycles. The van der Waals surface area contributed by atoms with Gasteiger partial charge in [0.2, 0.25) is 0 Å². The zero-order chi connectivity index (χ0) is 35.1. The normalized spacial score (nSPS) is 32.5. The van der Waals surface area contributed by atoms with Crippen LogP contribution >= 0.6 is 0 Å². The SMILES string of the molecule is C/C(=C\c1cc(F)cc(N2C[C@@H](C)O[C@@H](C)C2)c1)[C@H]1OC(=O)C[C@H](O)CC[C@H](C)[C@@H](OC(=O)N2CCC(N3CCCCC3)CC2)/C=C\[C@@H]1C. The first-order chi connectivity index (χ1) is 23.4. The second-order valence-electron chi connectivity index (χ2n) is 15.0. The molecule has 4 aliphatic rings. The Hall–Kier alpha value is -2.95. The summed E-state index contributed by atoms with van der Waals surface area (Å²) in [5.74, 6) is -1.16. The van der Waals surface area contributed by atoms with E-state index in [2.05, 4.69) is 9.80 Å². The topological polar surface area (TPSA) is 91.8 Å². The van der Waals surface area contributed by atoms with Crippen molar-refractivity contribution in [1.29, 1.82) is 0 Å². The van der Waals surface area contributed by atoms with Crippen molar-refractivity contribution >= 4 is 23.8 Å². The third-order valence-electron chi connectivity index (χ3n) is 10.7. The number of aliphatic hydroxyl groups excluding tert-OH is 1. The van der Waals surface area contributed by atoms with Gasteiger partial charge >= 0.3 is 12.1 Å². The van der Waals surface area contributed by atoms with Gasteiger partial charge in [-0.3, -0.25) is 4.79 Å². The number of carbonyl (C=O) groups is 2. The van der Waals surface area contributed by atoms with Gasteiger partial charge in [0, 0.05) is 43.8 Å². The number of benzene rings is 1. The highest BCUT2D eigenvalue weighted by molar-refractivity contribution is 5.71. The number of hydrogen-bond acceptors (Lipinski definition) is 8. The molecule has 0 aliphatic carbocycles. The Morgan fingerprint density at radius 2 is 1.63 bits per heavy atom. The number of esters is 1. The summed E-state index contributed by atoms with van der Waals surface area (Å²) in [6.07, 6.45) is 10.1. The van der Waals surface area contributed by atoms with E-state index in [4.69, 9.17) is 14.2 Å². The second-order valence-corrected chi connectivity index (χ2v) is 15.0. The molecule has 3 fully saturated rings. The zero-order valence-electron chi connectivity index (χ0n) is 30.2. The number of cyclic esters (lactones) is 1. The summed E-state index contributed by atoms with van der Waals surface area (Å²) in [6.45, 7) is 14.9. The minimum atomic E-state index is -0.868. The van der Waals surface area contributed by atoms with Gasteiger partial charge in [0.15, 0.2) is 0 Å². The van der Waals surface area contributed by atoms with Gasteiger partial charge in [0.25, 0.3) is 0 Å². The predicted octanol–water partition coefficient (Wildman–Crippen LogP) is 6.58. The molecule has 1 N–H and O–H groups in total. The Balaban J connectivity index is 1.30. The Bertz CT molecular complexity index is 1310. The summed E-state index contributed by atoms with van der Waals surface area (Å²) in [7, 11) is 0. The van der Waals surface area contributed by atoms with Crippen LogP contribution in [0.3, 0.4) is 0 Å². The van der Waals surface area contributed by atoms with Crippen LogP contribution in [-0.2, 0) is 19.0 Å². The average Bonchev–Trinajstić information content (AvgIpc) is 3.07. The highest BCUT2D eigenvalue weighted by atomic mass is 19.1. The van der Waals surface area contributed by atoms with Crippen molar-refractivity contribution in [3.63, 3.8) is 0 Å². The van der Waals surface area contributed by atoms with Crippen LogP contribution in [0.2, 0.25) is 0 Å². The first-order valence-corrected chi connectivity index (χ1v) is 18.6. The quantitative estimate of drug-likeness (QED) is 0.275. The standard InChI is InChI=1S/C39H58FN3O6/c1-26-9-11-35(44)23-37(45)49-38(28(3)19-31-20-32(40)22-34(21-31)43-24-29(4)47-30(5)25-43)27(2)10-12-36(26)48-39(46)42-17-13-33(14-18-42)41-15-7-6-8-16-41/h10,12,19-22,26-27,29-30,33,35-36,38,44H,6-9,11,13-18,23-25H2,1-5H3/b12-10-,28-19+/t26-,27-,29-,30+,35+,36-,38-/m0/s1. The Labute approximate surface area is 292 Å². The maximum absolute atomic E-state index is 14.9. The van der Waals surface area contributed by atoms with E-state index in [1.807, 2.05) is 63.8 Å². The van der Waals surface area contributed by atoms with E-state index in [-0.39, 0.29) is 42.4 Å². The largest absolute Gasteiger partial charge is 0.457 e. The number of hydrogen-bond donors (Lipinski definition) is 1. The number of likely N-dealkylation sites (tertiary alicyclic amines) is 2. The number of carbonyl (C=O) groups excluding carboxylic acids is 2. The van der Waals surface area contributed by atoms with E-state index in [0.717, 1.165) is 37.2 Å². The highest BCUT2D eigenvalue weighted by Gasteiger charge is 2.32. The molecule has 0 spiro atoms. The van der Waals surface area contributed by atoms with Crippen molar-refractivity contribution < 1.29 is 33.3 Å². The summed E-state index contributed by atoms with van der Waals surface area (Å²) in [5, 5.41) is 10.7. The van der Waals surface area contributed by atoms with Gasteiger partial charge in [-0.15, -0.1) is 0 Å². The van der Waals surface area contributed by atoms with Crippen LogP contribution < -0.4 is 4.90 Å². The molecular formula is C39H58FN3O6. The van der Waals surface area contributed by atoms with Crippen LogP contribution in [0.5, 0.6) is 0 Å². The molecule has 3 saturated heterocycles. The van der Waals surface area contributed by atoms with Crippen molar-refractivity contribution in [3.8, 4) is 0 Å². The summed E-state index contributed by atoms with van der Waals surface area (Å²) in [4.78, 5) is 33.0. The number of rotatable bonds is 5. The van der Waals surface area contributed by atoms with Crippen molar-refractivity contribution in [1.82, 2.24) is 9.80 Å². The van der Waals surface area contributed by atoms with Crippen LogP contribution in [-0.4, -0.2) is 103 Å². The van der Waals surface area contributed by atoms with Crippen LogP contribution in [0.1, 0.15) is 91.5 Å². The van der Waals surface area contributed by atoms with Crippen LogP contribution in [0.25, 0.3) is 6.08 Å². The number of aliphatic hydroxyl groups is 1. The molecule has 5 rings (SSSR count). The average molecular weight is 684 g/mol. The number of morpholine rings is 1. The first kappa shape index (κ1) is 37.3. The Kier molecular flexibility index (Phi) is 13.2. The Morgan fingerprint density at radius 1 is 0.939 bits per heavy atom. The molecule has 1 amide bonds. The summed E-state index contributed by atoms with van der Waals surface area (Å²) in [5.41, 5.74) is 2.19. The van der Waals surface area contributed by atoms with E-state index in [9.17, 15) is 19.1 Å². The van der Waals surface area contributed by atoms with Crippen LogP contribution in [0.15, 0.2) is 35.9 Å². The molecular weight excluding hydrogens is 625 g/mol. The molecule has 1 aromatic carbocycles. The maximum atomic E-state index is 14.9. The number of nitrogens with zero attached hydrogens (tertiary/aromatic N) is 3. The third-order valence-corrected chi connectivity index (χ3v) is 10.7. The van der Waals surface area contributed by atoms with Crippen molar-refractivity contribution in [2.75, 3.05) is 44.2 Å². The van der Waals surface area contributed by atoms with E-state index in [1.54, 1.807) is 6.07 Å². The molecule has 272 valence electrons. The van der Waals surface area contributed by atoms with Gasteiger partial charge < -0.3 is 34.0 Å². The van der Waals surface area contributed by atoms with E-state index >= 15 is 0 Å². The molecule has 10 heteroatoms. The van der Waals surface area contributed by atoms with Gasteiger partial charge in [0.05, 0.1) is 24.7 Å². The zero-order valence-corrected chi connectivity index (χ0v) is 30.2. The fourth-order valence-corrected chi connectivity index (χ4v) is 7.93. The smallest absolute Gasteiger partial charge is 0.410 e. The number of anilines is 1. The lowest BCUT2D eigenvalue weighted by molar-refractivity contribution is -0.151. The second kappa shape index (κ2) is 17.3. The Morgan fingerprint density at radius 3 is 2.33 bits per heavy atom. The molecule has 0 aromatic heterocycles. The molecule has 4 aliphatic heterocycles. The van der Waals surface area contributed by atoms with Gasteiger partial charge in [-0.2, -0.15) is 0 Å². The van der Waals surface area contributed by atoms with Crippen molar-refractivity contribution in [2.45, 2.75) is 123 Å². The summed E-state index contributed by atoms with van der Waals surface area (Å²) >= 11 is 0. The maximum Gasteiger partial charge on any atom is 0.410 e. The number of piperidine rings is 2. The lowest BCUT2D eigenvalue weighted by Crippen LogP contribution is -2.48.